The second kappa shape index (κ2) is 8.16. The molecule has 0 spiro atoms. The average molecular weight is 481 g/mol. The molecule has 0 saturated heterocycles. The van der Waals surface area contributed by atoms with Crippen LogP contribution in [-0.4, -0.2) is 45.2 Å². The van der Waals surface area contributed by atoms with E-state index in [4.69, 9.17) is 4.74 Å². The van der Waals surface area contributed by atoms with Gasteiger partial charge in [-0.25, -0.2) is 4.79 Å². The molecule has 10 atom stereocenters. The second-order valence-electron chi connectivity index (χ2n) is 12.7. The fourth-order valence-electron chi connectivity index (χ4n) is 9.50. The van der Waals surface area contributed by atoms with Gasteiger partial charge in [-0.2, -0.15) is 0 Å². The highest BCUT2D eigenvalue weighted by molar-refractivity contribution is 5.86. The van der Waals surface area contributed by atoms with E-state index in [0.29, 0.717) is 25.2 Å². The molecule has 1 aromatic rings. The zero-order valence-electron chi connectivity index (χ0n) is 21.0. The quantitative estimate of drug-likeness (QED) is 0.565. The van der Waals surface area contributed by atoms with Crippen LogP contribution in [0.2, 0.25) is 0 Å². The Bertz CT molecular complexity index is 1020. The number of hydrogen-bond acceptors (Lipinski definition) is 5. The van der Waals surface area contributed by atoms with Gasteiger partial charge in [-0.15, -0.1) is 0 Å². The minimum Gasteiger partial charge on any atom is -0.454 e. The normalized spacial score (nSPS) is 49.0. The van der Waals surface area contributed by atoms with Gasteiger partial charge >= 0.3 is 5.97 Å². The number of esters is 1. The third kappa shape index (κ3) is 3.34. The van der Waals surface area contributed by atoms with Gasteiger partial charge in [-0.1, -0.05) is 44.2 Å². The van der Waals surface area contributed by atoms with Gasteiger partial charge in [0.25, 0.3) is 0 Å². The number of cyclic esters (lactones) is 1. The van der Waals surface area contributed by atoms with E-state index in [-0.39, 0.29) is 41.3 Å². The highest BCUT2D eigenvalue weighted by Crippen LogP contribution is 2.70. The molecule has 5 aliphatic rings. The van der Waals surface area contributed by atoms with E-state index in [2.05, 4.69) is 26.0 Å². The Labute approximate surface area is 208 Å². The summed E-state index contributed by atoms with van der Waals surface area (Å²) < 4.78 is 5.77. The van der Waals surface area contributed by atoms with E-state index in [1.807, 2.05) is 18.2 Å². The molecular formula is C30H40O5. The molecule has 35 heavy (non-hydrogen) atoms. The number of ether oxygens (including phenoxy) is 1. The van der Waals surface area contributed by atoms with E-state index < -0.39 is 17.1 Å². The van der Waals surface area contributed by atoms with Crippen LogP contribution in [0.3, 0.4) is 0 Å². The van der Waals surface area contributed by atoms with Gasteiger partial charge in [0.1, 0.15) is 6.10 Å². The maximum Gasteiger partial charge on any atom is 0.331 e. The molecule has 4 saturated carbocycles. The highest BCUT2D eigenvalue weighted by Gasteiger charge is 2.71. The van der Waals surface area contributed by atoms with Crippen LogP contribution >= 0.6 is 0 Å². The van der Waals surface area contributed by atoms with Gasteiger partial charge in [0.15, 0.2) is 0 Å². The SMILES string of the molecule is C[C@]12CC[C@H](O)C[C@H]1CC[C@@H]1[C@@H]2C[C@@H](O)[C@]2(C)[C@@H](C3=CC(=O)OC3Cc3ccccc3)CC[C@]12O. The van der Waals surface area contributed by atoms with Crippen molar-refractivity contribution in [2.24, 2.45) is 34.5 Å². The van der Waals surface area contributed by atoms with Crippen LogP contribution in [-0.2, 0) is 16.0 Å². The molecule has 1 unspecified atom stereocenters. The second-order valence-corrected chi connectivity index (χ2v) is 12.7. The molecule has 1 aliphatic heterocycles. The monoisotopic (exact) mass is 480 g/mol. The van der Waals surface area contributed by atoms with E-state index in [0.717, 1.165) is 49.7 Å². The Morgan fingerprint density at radius 1 is 0.971 bits per heavy atom. The number of benzene rings is 1. The number of hydrogen-bond donors (Lipinski definition) is 3. The minimum absolute atomic E-state index is 0.0554. The molecule has 3 N–H and O–H groups in total. The van der Waals surface area contributed by atoms with Gasteiger partial charge < -0.3 is 20.1 Å². The Morgan fingerprint density at radius 3 is 2.51 bits per heavy atom. The summed E-state index contributed by atoms with van der Waals surface area (Å²) in [5.74, 6) is 0.475. The van der Waals surface area contributed by atoms with E-state index in [1.54, 1.807) is 6.08 Å². The molecule has 0 amide bonds. The van der Waals surface area contributed by atoms with Gasteiger partial charge in [0.05, 0.1) is 17.8 Å². The van der Waals surface area contributed by atoms with Crippen molar-refractivity contribution >= 4 is 5.97 Å². The van der Waals surface area contributed by atoms with Crippen LogP contribution in [0.25, 0.3) is 0 Å². The van der Waals surface area contributed by atoms with Crippen molar-refractivity contribution in [3.05, 3.63) is 47.5 Å². The molecule has 190 valence electrons. The standard InChI is InChI=1S/C30H40O5/c1-28-12-10-20(31)15-19(28)8-9-23-24(28)17-26(32)29(2)22(11-13-30(23,29)34)21-16-27(33)35-25(21)14-18-6-4-3-5-7-18/h3-7,16,19-20,22-26,31-32,34H,8-15,17H2,1-2H3/t19-,20+,22-,23-,24+,25?,26-,28+,29+,30+/m1/s1. The third-order valence-electron chi connectivity index (χ3n) is 11.5. The van der Waals surface area contributed by atoms with Crippen molar-refractivity contribution < 1.29 is 24.9 Å². The molecule has 4 fully saturated rings. The summed E-state index contributed by atoms with van der Waals surface area (Å²) in [5, 5.41) is 34.6. The van der Waals surface area contributed by atoms with E-state index in [9.17, 15) is 20.1 Å². The summed E-state index contributed by atoms with van der Waals surface area (Å²) >= 11 is 0. The largest absolute Gasteiger partial charge is 0.454 e. The van der Waals surface area contributed by atoms with Gasteiger partial charge in [-0.05, 0) is 91.6 Å². The zero-order valence-corrected chi connectivity index (χ0v) is 21.0. The van der Waals surface area contributed by atoms with Crippen molar-refractivity contribution in [3.8, 4) is 0 Å². The lowest BCUT2D eigenvalue weighted by Crippen LogP contribution is -2.67. The first-order chi connectivity index (χ1) is 16.7. The molecule has 0 radical (unpaired) electrons. The van der Waals surface area contributed by atoms with Crippen LogP contribution in [0.15, 0.2) is 42.0 Å². The maximum absolute atomic E-state index is 12.5. The molecule has 5 heteroatoms. The minimum atomic E-state index is -0.964. The number of carbonyl (C=O) groups excluding carboxylic acids is 1. The summed E-state index contributed by atoms with van der Waals surface area (Å²) in [4.78, 5) is 12.4. The van der Waals surface area contributed by atoms with Gasteiger partial charge in [0, 0.05) is 17.9 Å². The first-order valence-corrected chi connectivity index (χ1v) is 13.7. The Hall–Kier alpha value is -1.69. The van der Waals surface area contributed by atoms with Crippen LogP contribution in [0.1, 0.15) is 70.8 Å². The molecule has 0 bridgehead atoms. The number of aliphatic hydroxyl groups is 3. The predicted octanol–water partition coefficient (Wildman–Crippen LogP) is 4.19. The summed E-state index contributed by atoms with van der Waals surface area (Å²) in [6.45, 7) is 4.43. The fraction of sp³-hybridized carbons (Fsp3) is 0.700. The molecular weight excluding hydrogens is 440 g/mol. The Morgan fingerprint density at radius 2 is 1.74 bits per heavy atom. The molecule has 1 aromatic carbocycles. The lowest BCUT2D eigenvalue weighted by atomic mass is 9.42. The topological polar surface area (TPSA) is 87.0 Å². The van der Waals surface area contributed by atoms with Gasteiger partial charge in [0.2, 0.25) is 0 Å². The molecule has 4 aliphatic carbocycles. The molecule has 1 heterocycles. The predicted molar refractivity (Wildman–Crippen MR) is 132 cm³/mol. The first-order valence-electron chi connectivity index (χ1n) is 13.7. The van der Waals surface area contributed by atoms with Gasteiger partial charge in [-0.3, -0.25) is 0 Å². The smallest absolute Gasteiger partial charge is 0.331 e. The van der Waals surface area contributed by atoms with Crippen LogP contribution in [0.4, 0.5) is 0 Å². The Kier molecular flexibility index (Phi) is 5.52. The summed E-state index contributed by atoms with van der Waals surface area (Å²) in [6, 6.07) is 10.1. The third-order valence-corrected chi connectivity index (χ3v) is 11.5. The fourth-order valence-corrected chi connectivity index (χ4v) is 9.50. The molecule has 6 rings (SSSR count). The summed E-state index contributed by atoms with van der Waals surface area (Å²) in [5.41, 5.74) is 0.454. The Balaban J connectivity index is 1.32. The van der Waals surface area contributed by atoms with Crippen molar-refractivity contribution in [2.75, 3.05) is 0 Å². The summed E-state index contributed by atoms with van der Waals surface area (Å²) in [6.07, 6.45) is 7.80. The highest BCUT2D eigenvalue weighted by atomic mass is 16.5. The number of aliphatic hydroxyl groups excluding tert-OH is 2. The molecule has 5 nitrogen and oxygen atoms in total. The lowest BCUT2D eigenvalue weighted by Gasteiger charge is -2.65. The summed E-state index contributed by atoms with van der Waals surface area (Å²) in [7, 11) is 0. The zero-order chi connectivity index (χ0) is 24.6. The van der Waals surface area contributed by atoms with Crippen molar-refractivity contribution in [2.45, 2.75) is 95.5 Å². The number of carbonyl (C=O) groups is 1. The first kappa shape index (κ1) is 23.7. The van der Waals surface area contributed by atoms with Crippen molar-refractivity contribution in [3.63, 3.8) is 0 Å². The average Bonchev–Trinajstić information content (AvgIpc) is 3.32. The van der Waals surface area contributed by atoms with Crippen LogP contribution in [0, 0.1) is 34.5 Å². The van der Waals surface area contributed by atoms with Crippen LogP contribution in [0.5, 0.6) is 0 Å². The van der Waals surface area contributed by atoms with Crippen LogP contribution < -0.4 is 0 Å². The van der Waals surface area contributed by atoms with E-state index >= 15 is 0 Å². The number of fused-ring (bicyclic) bond motifs is 5. The molecule has 0 aromatic heterocycles. The maximum atomic E-state index is 12.5. The van der Waals surface area contributed by atoms with Crippen molar-refractivity contribution in [1.29, 1.82) is 0 Å². The number of rotatable bonds is 3. The van der Waals surface area contributed by atoms with E-state index in [1.165, 1.54) is 0 Å². The van der Waals surface area contributed by atoms with Crippen molar-refractivity contribution in [1.82, 2.24) is 0 Å². The lowest BCUT2D eigenvalue weighted by molar-refractivity contribution is -0.245.